The number of nitrogens with zero attached hydrogens (tertiary/aromatic N) is 1. The van der Waals surface area contributed by atoms with Gasteiger partial charge in [0.05, 0.1) is 24.2 Å². The lowest BCUT2D eigenvalue weighted by Gasteiger charge is -2.29. The van der Waals surface area contributed by atoms with Crippen LogP contribution in [0, 0.1) is 18.6 Å². The average Bonchev–Trinajstić information content (AvgIpc) is 2.72. The van der Waals surface area contributed by atoms with E-state index in [1.165, 1.54) is 18.2 Å². The summed E-state index contributed by atoms with van der Waals surface area (Å²) in [5.41, 5.74) is 4.77. The zero-order valence-electron chi connectivity index (χ0n) is 16.9. The smallest absolute Gasteiger partial charge is 0.146 e. The highest BCUT2D eigenvalue weighted by atomic mass is 19.1. The first-order valence-corrected chi connectivity index (χ1v) is 9.58. The molecule has 1 aliphatic heterocycles. The molecule has 3 aromatic rings. The minimum absolute atomic E-state index is 0.289. The van der Waals surface area contributed by atoms with E-state index in [2.05, 4.69) is 11.9 Å². The second-order valence-corrected chi connectivity index (χ2v) is 7.27. The standard InChI is InChI=1S/C25H22F2N2O/c1-16-4-9-22(21(27)12-16)28-23-13-19(26)14-24-25(23)17(2)10-11-29(24)15-18-5-7-20(30-3)8-6-18/h4-14,28H,2,15H2,1,3H3. The molecule has 4 rings (SSSR count). The third-order valence-electron chi connectivity index (χ3n) is 5.07. The van der Waals surface area contributed by atoms with Crippen LogP contribution in [-0.2, 0) is 6.54 Å². The van der Waals surface area contributed by atoms with E-state index in [-0.39, 0.29) is 11.5 Å². The van der Waals surface area contributed by atoms with Gasteiger partial charge >= 0.3 is 0 Å². The van der Waals surface area contributed by atoms with Crippen molar-refractivity contribution in [1.29, 1.82) is 0 Å². The number of fused-ring (bicyclic) bond motifs is 1. The number of nitrogens with one attached hydrogen (secondary N) is 1. The molecule has 152 valence electrons. The van der Waals surface area contributed by atoms with Gasteiger partial charge in [-0.3, -0.25) is 0 Å². The van der Waals surface area contributed by atoms with E-state index in [0.29, 0.717) is 17.9 Å². The summed E-state index contributed by atoms with van der Waals surface area (Å²) in [6.45, 7) is 6.47. The van der Waals surface area contributed by atoms with Crippen LogP contribution in [0.5, 0.6) is 5.75 Å². The molecule has 0 fully saturated rings. The molecule has 0 amide bonds. The summed E-state index contributed by atoms with van der Waals surface area (Å²) in [4.78, 5) is 1.95. The van der Waals surface area contributed by atoms with Crippen LogP contribution >= 0.6 is 0 Å². The molecule has 1 aliphatic rings. The number of hydrogen-bond acceptors (Lipinski definition) is 3. The van der Waals surface area contributed by atoms with E-state index in [9.17, 15) is 8.78 Å². The molecule has 0 saturated carbocycles. The Bertz CT molecular complexity index is 1140. The Kier molecular flexibility index (Phi) is 5.27. The first-order valence-electron chi connectivity index (χ1n) is 9.58. The minimum atomic E-state index is -0.411. The quantitative estimate of drug-likeness (QED) is 0.520. The number of halogens is 2. The number of hydrogen-bond donors (Lipinski definition) is 1. The molecule has 3 aromatic carbocycles. The van der Waals surface area contributed by atoms with Crippen molar-refractivity contribution in [3.05, 3.63) is 102 Å². The van der Waals surface area contributed by atoms with Gasteiger partial charge in [-0.1, -0.05) is 24.8 Å². The van der Waals surface area contributed by atoms with Crippen molar-refractivity contribution in [1.82, 2.24) is 0 Å². The van der Waals surface area contributed by atoms with Crippen LogP contribution in [0.25, 0.3) is 5.57 Å². The molecule has 0 atom stereocenters. The van der Waals surface area contributed by atoms with Crippen molar-refractivity contribution < 1.29 is 13.5 Å². The van der Waals surface area contributed by atoms with Gasteiger partial charge in [-0.2, -0.15) is 0 Å². The number of benzene rings is 3. The first kappa shape index (κ1) is 19.7. The van der Waals surface area contributed by atoms with Crippen molar-refractivity contribution in [2.24, 2.45) is 0 Å². The highest BCUT2D eigenvalue weighted by Crippen LogP contribution is 2.40. The van der Waals surface area contributed by atoms with E-state index < -0.39 is 5.82 Å². The van der Waals surface area contributed by atoms with Crippen molar-refractivity contribution in [3.8, 4) is 5.75 Å². The van der Waals surface area contributed by atoms with E-state index in [1.54, 1.807) is 13.2 Å². The maximum Gasteiger partial charge on any atom is 0.146 e. The van der Waals surface area contributed by atoms with Crippen LogP contribution in [0.15, 0.2) is 73.5 Å². The highest BCUT2D eigenvalue weighted by molar-refractivity contribution is 5.93. The molecule has 0 saturated heterocycles. The van der Waals surface area contributed by atoms with E-state index in [4.69, 9.17) is 4.74 Å². The van der Waals surface area contributed by atoms with Gasteiger partial charge in [0.25, 0.3) is 0 Å². The normalized spacial score (nSPS) is 12.7. The SMILES string of the molecule is C=C1C=CN(Cc2ccc(OC)cc2)c2cc(F)cc(Nc3ccc(C)cc3F)c21. The molecule has 1 N–H and O–H groups in total. The predicted octanol–water partition coefficient (Wildman–Crippen LogP) is 6.57. The summed E-state index contributed by atoms with van der Waals surface area (Å²) in [6.07, 6.45) is 3.75. The Hall–Kier alpha value is -3.60. The monoisotopic (exact) mass is 404 g/mol. The maximum absolute atomic E-state index is 14.5. The predicted molar refractivity (Wildman–Crippen MR) is 118 cm³/mol. The molecule has 0 aliphatic carbocycles. The van der Waals surface area contributed by atoms with Crippen molar-refractivity contribution in [2.75, 3.05) is 17.3 Å². The second kappa shape index (κ2) is 8.03. The van der Waals surface area contributed by atoms with Gasteiger partial charge in [0.2, 0.25) is 0 Å². The molecule has 5 heteroatoms. The molecule has 0 bridgehead atoms. The minimum Gasteiger partial charge on any atom is -0.497 e. The first-order chi connectivity index (χ1) is 14.4. The average molecular weight is 404 g/mol. The Morgan fingerprint density at radius 1 is 1.00 bits per heavy atom. The molecular formula is C25H22F2N2O. The molecule has 0 radical (unpaired) electrons. The zero-order valence-corrected chi connectivity index (χ0v) is 16.9. The summed E-state index contributed by atoms with van der Waals surface area (Å²) in [5, 5.41) is 3.05. The lowest BCUT2D eigenvalue weighted by atomic mass is 9.98. The molecule has 1 heterocycles. The third-order valence-corrected chi connectivity index (χ3v) is 5.07. The van der Waals surface area contributed by atoms with Gasteiger partial charge in [0.15, 0.2) is 0 Å². The van der Waals surface area contributed by atoms with Gasteiger partial charge in [-0.25, -0.2) is 8.78 Å². The summed E-state index contributed by atoms with van der Waals surface area (Å²) >= 11 is 0. The Morgan fingerprint density at radius 3 is 2.47 bits per heavy atom. The van der Waals surface area contributed by atoms with Crippen LogP contribution < -0.4 is 15.0 Å². The van der Waals surface area contributed by atoms with Gasteiger partial charge in [0, 0.05) is 18.3 Å². The second-order valence-electron chi connectivity index (χ2n) is 7.27. The van der Waals surface area contributed by atoms with Crippen LogP contribution in [-0.4, -0.2) is 7.11 Å². The number of methoxy groups -OCH3 is 1. The van der Waals surface area contributed by atoms with Gasteiger partial charge in [-0.05, 0) is 66.1 Å². The third kappa shape index (κ3) is 3.92. The fraction of sp³-hybridized carbons (Fsp3) is 0.120. The topological polar surface area (TPSA) is 24.5 Å². The van der Waals surface area contributed by atoms with Crippen molar-refractivity contribution in [2.45, 2.75) is 13.5 Å². The van der Waals surface area contributed by atoms with Crippen LogP contribution in [0.2, 0.25) is 0 Å². The number of ether oxygens (including phenoxy) is 1. The highest BCUT2D eigenvalue weighted by Gasteiger charge is 2.21. The molecule has 3 nitrogen and oxygen atoms in total. The zero-order chi connectivity index (χ0) is 21.3. The lowest BCUT2D eigenvalue weighted by molar-refractivity contribution is 0.414. The fourth-order valence-electron chi connectivity index (χ4n) is 3.53. The van der Waals surface area contributed by atoms with Crippen molar-refractivity contribution in [3.63, 3.8) is 0 Å². The lowest BCUT2D eigenvalue weighted by Crippen LogP contribution is -2.20. The summed E-state index contributed by atoms with van der Waals surface area (Å²) in [7, 11) is 1.62. The summed E-state index contributed by atoms with van der Waals surface area (Å²) in [5.74, 6) is -0.0222. The Balaban J connectivity index is 1.71. The number of anilines is 3. The van der Waals surface area contributed by atoms with Crippen LogP contribution in [0.4, 0.5) is 25.8 Å². The maximum atomic E-state index is 14.5. The molecule has 30 heavy (non-hydrogen) atoms. The van der Waals surface area contributed by atoms with E-state index in [0.717, 1.165) is 28.0 Å². The van der Waals surface area contributed by atoms with Crippen LogP contribution in [0.1, 0.15) is 16.7 Å². The number of rotatable bonds is 5. The summed E-state index contributed by atoms with van der Waals surface area (Å²) < 4.78 is 34.1. The molecule has 0 spiro atoms. The summed E-state index contributed by atoms with van der Waals surface area (Å²) in [6, 6.07) is 15.5. The van der Waals surface area contributed by atoms with Crippen molar-refractivity contribution >= 4 is 22.6 Å². The van der Waals surface area contributed by atoms with E-state index >= 15 is 0 Å². The van der Waals surface area contributed by atoms with Crippen LogP contribution in [0.3, 0.4) is 0 Å². The molecule has 0 unspecified atom stereocenters. The Labute approximate surface area is 174 Å². The number of allylic oxidation sites excluding steroid dienone is 2. The van der Waals surface area contributed by atoms with Gasteiger partial charge in [-0.15, -0.1) is 0 Å². The Morgan fingerprint density at radius 2 is 1.77 bits per heavy atom. The largest absolute Gasteiger partial charge is 0.497 e. The molecular weight excluding hydrogens is 382 g/mol. The number of aryl methyl sites for hydroxylation is 1. The fourth-order valence-corrected chi connectivity index (χ4v) is 3.53. The van der Waals surface area contributed by atoms with Gasteiger partial charge in [0.1, 0.15) is 17.4 Å². The van der Waals surface area contributed by atoms with E-state index in [1.807, 2.05) is 54.4 Å². The molecule has 0 aromatic heterocycles. The van der Waals surface area contributed by atoms with Gasteiger partial charge < -0.3 is 15.0 Å².